The molecule has 0 aliphatic carbocycles. The first kappa shape index (κ1) is 9.47. The van der Waals surface area contributed by atoms with E-state index in [9.17, 15) is 0 Å². The molecule has 2 heteroatoms. The largest absolute Gasteiger partial charge is 0.347 e. The minimum Gasteiger partial charge on any atom is -0.347 e. The highest BCUT2D eigenvalue weighted by Gasteiger charge is 2.56. The van der Waals surface area contributed by atoms with Crippen molar-refractivity contribution >= 4 is 0 Å². The van der Waals surface area contributed by atoms with Crippen LogP contribution in [0.3, 0.4) is 0 Å². The summed E-state index contributed by atoms with van der Waals surface area (Å²) in [5.74, 6) is 0.263. The Morgan fingerprint density at radius 3 is 2.62 bits per heavy atom. The van der Waals surface area contributed by atoms with Gasteiger partial charge in [-0.3, -0.25) is 0 Å². The molecule has 76 valence electrons. The molecule has 2 nitrogen and oxygen atoms in total. The van der Waals surface area contributed by atoms with Crippen molar-refractivity contribution in [2.45, 2.75) is 64.4 Å². The monoisotopic (exact) mass is 184 g/mol. The molecule has 0 aromatic rings. The maximum atomic E-state index is 6.08. The summed E-state index contributed by atoms with van der Waals surface area (Å²) in [5.41, 5.74) is 0.0765. The van der Waals surface area contributed by atoms with Crippen LogP contribution in [0, 0.1) is 5.92 Å². The third-order valence-corrected chi connectivity index (χ3v) is 3.52. The smallest absolute Gasteiger partial charge is 0.171 e. The van der Waals surface area contributed by atoms with Gasteiger partial charge in [0.2, 0.25) is 0 Å². The molecule has 2 fully saturated rings. The van der Waals surface area contributed by atoms with Crippen LogP contribution < -0.4 is 0 Å². The van der Waals surface area contributed by atoms with Crippen molar-refractivity contribution in [1.29, 1.82) is 0 Å². The zero-order valence-electron chi connectivity index (χ0n) is 9.09. The SMILES string of the molecule is CC[C@]12O[C@@H](C)CC(C)(CC1C)O2. The summed E-state index contributed by atoms with van der Waals surface area (Å²) in [6, 6.07) is 0. The molecule has 2 aliphatic rings. The Kier molecular flexibility index (Phi) is 1.97. The molecule has 4 atom stereocenters. The predicted molar refractivity (Wildman–Crippen MR) is 51.5 cm³/mol. The topological polar surface area (TPSA) is 18.5 Å². The van der Waals surface area contributed by atoms with E-state index in [1.165, 1.54) is 0 Å². The number of hydrogen-bond donors (Lipinski definition) is 0. The van der Waals surface area contributed by atoms with Gasteiger partial charge in [-0.2, -0.15) is 0 Å². The first-order valence-electron chi connectivity index (χ1n) is 5.38. The Morgan fingerprint density at radius 2 is 2.00 bits per heavy atom. The third-order valence-electron chi connectivity index (χ3n) is 3.52. The highest BCUT2D eigenvalue weighted by Crippen LogP contribution is 2.51. The van der Waals surface area contributed by atoms with Gasteiger partial charge in [0, 0.05) is 12.3 Å². The summed E-state index contributed by atoms with van der Waals surface area (Å²) in [7, 11) is 0. The van der Waals surface area contributed by atoms with Crippen molar-refractivity contribution in [1.82, 2.24) is 0 Å². The van der Waals surface area contributed by atoms with E-state index in [2.05, 4.69) is 27.7 Å². The molecular formula is C11H20O2. The van der Waals surface area contributed by atoms with Crippen molar-refractivity contribution in [3.63, 3.8) is 0 Å². The summed E-state index contributed by atoms with van der Waals surface area (Å²) >= 11 is 0. The fourth-order valence-corrected chi connectivity index (χ4v) is 3.12. The second kappa shape index (κ2) is 2.71. The van der Waals surface area contributed by atoms with Crippen LogP contribution >= 0.6 is 0 Å². The molecule has 2 unspecified atom stereocenters. The maximum Gasteiger partial charge on any atom is 0.171 e. The Hall–Kier alpha value is -0.0800. The van der Waals surface area contributed by atoms with Crippen molar-refractivity contribution in [2.24, 2.45) is 5.92 Å². The zero-order valence-corrected chi connectivity index (χ0v) is 9.09. The Labute approximate surface area is 80.6 Å². The lowest BCUT2D eigenvalue weighted by Gasteiger charge is -2.42. The lowest BCUT2D eigenvalue weighted by Crippen LogP contribution is -2.47. The van der Waals surface area contributed by atoms with Gasteiger partial charge in [-0.1, -0.05) is 13.8 Å². The predicted octanol–water partition coefficient (Wildman–Crippen LogP) is 2.72. The molecule has 0 N–H and O–H groups in total. The Balaban J connectivity index is 2.28. The molecule has 2 bridgehead atoms. The summed E-state index contributed by atoms with van der Waals surface area (Å²) < 4.78 is 12.1. The fourth-order valence-electron chi connectivity index (χ4n) is 3.12. The summed E-state index contributed by atoms with van der Waals surface area (Å²) in [5, 5.41) is 0. The number of fused-ring (bicyclic) bond motifs is 2. The minimum atomic E-state index is -0.271. The fraction of sp³-hybridized carbons (Fsp3) is 1.00. The van der Waals surface area contributed by atoms with Crippen LogP contribution in [0.25, 0.3) is 0 Å². The van der Waals surface area contributed by atoms with Gasteiger partial charge in [0.1, 0.15) is 0 Å². The van der Waals surface area contributed by atoms with E-state index in [0.717, 1.165) is 19.3 Å². The standard InChI is InChI=1S/C11H20O2/c1-5-11-8(2)6-10(4,13-11)7-9(3)12-11/h8-9H,5-7H2,1-4H3/t8?,9-,10?,11+/m0/s1. The lowest BCUT2D eigenvalue weighted by molar-refractivity contribution is -0.318. The second-order valence-electron chi connectivity index (χ2n) is 4.96. The third kappa shape index (κ3) is 1.31. The quantitative estimate of drug-likeness (QED) is 0.624. The molecule has 0 aromatic carbocycles. The molecule has 2 heterocycles. The van der Waals surface area contributed by atoms with Crippen LogP contribution in [0.15, 0.2) is 0 Å². The van der Waals surface area contributed by atoms with E-state index in [4.69, 9.17) is 9.47 Å². The van der Waals surface area contributed by atoms with Gasteiger partial charge in [-0.15, -0.1) is 0 Å². The van der Waals surface area contributed by atoms with Crippen LogP contribution in [0.1, 0.15) is 47.0 Å². The minimum absolute atomic E-state index is 0.0765. The van der Waals surface area contributed by atoms with Gasteiger partial charge in [0.15, 0.2) is 5.79 Å². The number of ether oxygens (including phenoxy) is 2. The van der Waals surface area contributed by atoms with Crippen LogP contribution in [0.5, 0.6) is 0 Å². The maximum absolute atomic E-state index is 6.08. The van der Waals surface area contributed by atoms with Crippen LogP contribution in [-0.2, 0) is 9.47 Å². The van der Waals surface area contributed by atoms with Gasteiger partial charge in [-0.05, 0) is 26.7 Å². The highest BCUT2D eigenvalue weighted by atomic mass is 16.7. The average Bonchev–Trinajstić information content (AvgIpc) is 2.18. The van der Waals surface area contributed by atoms with Gasteiger partial charge >= 0.3 is 0 Å². The van der Waals surface area contributed by atoms with E-state index in [1.807, 2.05) is 0 Å². The van der Waals surface area contributed by atoms with Gasteiger partial charge in [0.25, 0.3) is 0 Å². The van der Waals surface area contributed by atoms with Crippen molar-refractivity contribution < 1.29 is 9.47 Å². The lowest BCUT2D eigenvalue weighted by atomic mass is 9.90. The van der Waals surface area contributed by atoms with Crippen molar-refractivity contribution in [2.75, 3.05) is 0 Å². The molecule has 0 radical (unpaired) electrons. The van der Waals surface area contributed by atoms with Gasteiger partial charge in [-0.25, -0.2) is 0 Å². The Bertz CT molecular complexity index is 216. The Morgan fingerprint density at radius 1 is 1.31 bits per heavy atom. The molecule has 2 aliphatic heterocycles. The van der Waals surface area contributed by atoms with Crippen molar-refractivity contribution in [3.8, 4) is 0 Å². The van der Waals surface area contributed by atoms with E-state index in [1.54, 1.807) is 0 Å². The van der Waals surface area contributed by atoms with E-state index in [-0.39, 0.29) is 11.4 Å². The average molecular weight is 184 g/mol. The highest BCUT2D eigenvalue weighted by molar-refractivity contribution is 4.98. The molecule has 2 saturated heterocycles. The second-order valence-corrected chi connectivity index (χ2v) is 4.96. The normalized spacial score (nSPS) is 55.4. The van der Waals surface area contributed by atoms with Gasteiger partial charge < -0.3 is 9.47 Å². The molecule has 2 rings (SSSR count). The summed E-state index contributed by atoms with van der Waals surface area (Å²) in [4.78, 5) is 0. The molecule has 0 saturated carbocycles. The molecule has 0 aromatic heterocycles. The van der Waals surface area contributed by atoms with Gasteiger partial charge in [0.05, 0.1) is 11.7 Å². The van der Waals surface area contributed by atoms with Crippen LogP contribution in [0.2, 0.25) is 0 Å². The van der Waals surface area contributed by atoms with Crippen LogP contribution in [-0.4, -0.2) is 17.5 Å². The van der Waals surface area contributed by atoms with E-state index < -0.39 is 0 Å². The molecular weight excluding hydrogens is 164 g/mol. The van der Waals surface area contributed by atoms with Crippen LogP contribution in [0.4, 0.5) is 0 Å². The number of hydrogen-bond acceptors (Lipinski definition) is 2. The summed E-state index contributed by atoms with van der Waals surface area (Å²) in [6.07, 6.45) is 3.50. The first-order chi connectivity index (χ1) is 6.00. The molecule has 0 amide bonds. The zero-order chi connectivity index (χ0) is 9.69. The molecule has 13 heavy (non-hydrogen) atoms. The van der Waals surface area contributed by atoms with E-state index in [0.29, 0.717) is 12.0 Å². The summed E-state index contributed by atoms with van der Waals surface area (Å²) in [6.45, 7) is 8.77. The van der Waals surface area contributed by atoms with Crippen molar-refractivity contribution in [3.05, 3.63) is 0 Å². The molecule has 0 spiro atoms. The first-order valence-corrected chi connectivity index (χ1v) is 5.38. The van der Waals surface area contributed by atoms with E-state index >= 15 is 0 Å². The number of rotatable bonds is 1.